The molecule has 0 saturated heterocycles. The van der Waals surface area contributed by atoms with Crippen LogP contribution in [0.4, 0.5) is 17.1 Å². The number of aromatic hydroxyl groups is 1. The van der Waals surface area contributed by atoms with Gasteiger partial charge in [-0.3, -0.25) is 9.55 Å². The van der Waals surface area contributed by atoms with Crippen LogP contribution in [0, 0.1) is 6.92 Å². The van der Waals surface area contributed by atoms with Crippen molar-refractivity contribution in [3.8, 4) is 56.3 Å². The Labute approximate surface area is 403 Å². The van der Waals surface area contributed by atoms with E-state index in [9.17, 15) is 5.11 Å². The third-order valence-electron chi connectivity index (χ3n) is 13.3. The standard InChI is InChI=1S/C63H64N4O/c1-12-42-31-43(28-27-41(42)2)44-29-30-64-56(35-44)46-32-45(33-47(34-46)61(3,4)5)55-39-53(66(50-21-15-13-16-22-50)51-23-17-14-18-24-51)40-57-59(55)65-60(54-25-19-20-26-58(54)68)67(57)52-37-48(62(6,7)8)36-49(38-52)63(9,10)11/h13-40,68H,12H2,1-11H3. The first kappa shape index (κ1) is 45.9. The Morgan fingerprint density at radius 2 is 1.09 bits per heavy atom. The lowest BCUT2D eigenvalue weighted by Crippen LogP contribution is -2.17. The summed E-state index contributed by atoms with van der Waals surface area (Å²) in [6, 6.07) is 58.3. The molecule has 1 N–H and O–H groups in total. The maximum absolute atomic E-state index is 11.7. The average Bonchev–Trinajstić information content (AvgIpc) is 3.70. The summed E-state index contributed by atoms with van der Waals surface area (Å²) in [6.45, 7) is 24.9. The van der Waals surface area contributed by atoms with Gasteiger partial charge in [0.1, 0.15) is 11.6 Å². The van der Waals surface area contributed by atoms with E-state index in [0.29, 0.717) is 11.4 Å². The molecular formula is C63H64N4O. The van der Waals surface area contributed by atoms with Crippen molar-refractivity contribution in [2.45, 2.75) is 98.8 Å². The molecule has 0 aliphatic heterocycles. The summed E-state index contributed by atoms with van der Waals surface area (Å²) in [4.78, 5) is 13.0. The molecule has 0 fully saturated rings. The minimum Gasteiger partial charge on any atom is -0.507 e. The lowest BCUT2D eigenvalue weighted by Gasteiger charge is -2.28. The van der Waals surface area contributed by atoms with E-state index in [2.05, 4.69) is 225 Å². The molecule has 5 nitrogen and oxygen atoms in total. The number of hydrogen-bond donors (Lipinski definition) is 1. The number of hydrogen-bond acceptors (Lipinski definition) is 4. The molecule has 0 spiro atoms. The normalized spacial score (nSPS) is 12.2. The number of nitrogens with zero attached hydrogens (tertiary/aromatic N) is 4. The first-order chi connectivity index (χ1) is 32.4. The molecule has 9 aromatic rings. The maximum Gasteiger partial charge on any atom is 0.149 e. The van der Waals surface area contributed by atoms with Gasteiger partial charge in [0.15, 0.2) is 0 Å². The van der Waals surface area contributed by atoms with E-state index in [1.165, 1.54) is 33.4 Å². The van der Waals surface area contributed by atoms with Crippen LogP contribution in [0.25, 0.3) is 61.6 Å². The van der Waals surface area contributed by atoms with Crippen molar-refractivity contribution < 1.29 is 5.11 Å². The zero-order valence-corrected chi connectivity index (χ0v) is 41.6. The summed E-state index contributed by atoms with van der Waals surface area (Å²) >= 11 is 0. The summed E-state index contributed by atoms with van der Waals surface area (Å²) in [6.07, 6.45) is 2.92. The summed E-state index contributed by atoms with van der Waals surface area (Å²) in [5.74, 6) is 0.839. The third kappa shape index (κ3) is 9.10. The van der Waals surface area contributed by atoms with Crippen molar-refractivity contribution in [1.29, 1.82) is 0 Å². The predicted molar refractivity (Wildman–Crippen MR) is 287 cm³/mol. The number of pyridine rings is 1. The second-order valence-electron chi connectivity index (χ2n) is 21.4. The van der Waals surface area contributed by atoms with Gasteiger partial charge in [-0.05, 0) is 159 Å². The molecule has 5 heteroatoms. The van der Waals surface area contributed by atoms with E-state index < -0.39 is 0 Å². The zero-order chi connectivity index (χ0) is 48.1. The number of para-hydroxylation sites is 3. The SMILES string of the molecule is CCc1cc(-c2ccnc(-c3cc(-c4cc(N(c5ccccc5)c5ccccc5)cc5c4nc(-c4ccccc4O)n5-c4cc(C(C)(C)C)cc(C(C)(C)C)c4)cc(C(C)(C)C)c3)c2)ccc1C. The first-order valence-electron chi connectivity index (χ1n) is 24.0. The quantitative estimate of drug-likeness (QED) is 0.157. The van der Waals surface area contributed by atoms with Gasteiger partial charge in [-0.2, -0.15) is 0 Å². The molecule has 2 aromatic heterocycles. The number of aryl methyl sites for hydroxylation is 2. The number of imidazole rings is 1. The molecule has 0 amide bonds. The molecular weight excluding hydrogens is 829 g/mol. The molecule has 9 rings (SSSR count). The van der Waals surface area contributed by atoms with Gasteiger partial charge >= 0.3 is 0 Å². The van der Waals surface area contributed by atoms with Gasteiger partial charge in [0, 0.05) is 40.1 Å². The van der Waals surface area contributed by atoms with Crippen LogP contribution in [0.15, 0.2) is 170 Å². The molecule has 0 bridgehead atoms. The van der Waals surface area contributed by atoms with Crippen LogP contribution in [0.5, 0.6) is 5.75 Å². The summed E-state index contributed by atoms with van der Waals surface area (Å²) in [7, 11) is 0. The highest BCUT2D eigenvalue weighted by Crippen LogP contribution is 2.45. The number of phenolic OH excluding ortho intramolecular Hbond substituents is 1. The molecule has 0 atom stereocenters. The van der Waals surface area contributed by atoms with Crippen LogP contribution < -0.4 is 4.90 Å². The Morgan fingerprint density at radius 3 is 1.69 bits per heavy atom. The van der Waals surface area contributed by atoms with Gasteiger partial charge in [-0.1, -0.05) is 148 Å². The molecule has 0 radical (unpaired) electrons. The van der Waals surface area contributed by atoms with Crippen LogP contribution >= 0.6 is 0 Å². The maximum atomic E-state index is 11.7. The lowest BCUT2D eigenvalue weighted by atomic mass is 9.80. The van der Waals surface area contributed by atoms with Gasteiger partial charge in [-0.15, -0.1) is 0 Å². The van der Waals surface area contributed by atoms with Crippen LogP contribution in [-0.4, -0.2) is 19.6 Å². The van der Waals surface area contributed by atoms with Gasteiger partial charge in [0.2, 0.25) is 0 Å². The number of phenols is 1. The highest BCUT2D eigenvalue weighted by atomic mass is 16.3. The fraction of sp³-hybridized carbons (Fsp3) is 0.238. The zero-order valence-electron chi connectivity index (χ0n) is 41.6. The largest absolute Gasteiger partial charge is 0.507 e. The fourth-order valence-electron chi connectivity index (χ4n) is 9.19. The Morgan fingerprint density at radius 1 is 0.515 bits per heavy atom. The van der Waals surface area contributed by atoms with Crippen molar-refractivity contribution in [1.82, 2.24) is 14.5 Å². The highest BCUT2D eigenvalue weighted by Gasteiger charge is 2.28. The Hall–Kier alpha value is -7.24. The van der Waals surface area contributed by atoms with Crippen molar-refractivity contribution in [2.75, 3.05) is 4.90 Å². The monoisotopic (exact) mass is 893 g/mol. The molecule has 2 heterocycles. The summed E-state index contributed by atoms with van der Waals surface area (Å²) < 4.78 is 2.28. The van der Waals surface area contributed by atoms with Crippen LogP contribution in [0.1, 0.15) is 97.1 Å². The number of fused-ring (bicyclic) bond motifs is 1. The average molecular weight is 893 g/mol. The number of benzene rings is 7. The molecule has 0 saturated carbocycles. The Kier molecular flexibility index (Phi) is 12.0. The number of anilines is 3. The molecule has 342 valence electrons. The van der Waals surface area contributed by atoms with E-state index in [-0.39, 0.29) is 22.0 Å². The number of rotatable bonds is 9. The molecule has 68 heavy (non-hydrogen) atoms. The topological polar surface area (TPSA) is 54.2 Å². The van der Waals surface area contributed by atoms with Crippen molar-refractivity contribution >= 4 is 28.1 Å². The van der Waals surface area contributed by atoms with Crippen molar-refractivity contribution in [2.24, 2.45) is 0 Å². The first-order valence-corrected chi connectivity index (χ1v) is 24.0. The van der Waals surface area contributed by atoms with E-state index in [0.717, 1.165) is 68.2 Å². The van der Waals surface area contributed by atoms with Crippen molar-refractivity contribution in [3.63, 3.8) is 0 Å². The van der Waals surface area contributed by atoms with E-state index in [1.807, 2.05) is 24.4 Å². The molecule has 0 aliphatic rings. The molecule has 7 aromatic carbocycles. The molecule has 0 unspecified atom stereocenters. The van der Waals surface area contributed by atoms with Crippen molar-refractivity contribution in [3.05, 3.63) is 198 Å². The van der Waals surface area contributed by atoms with E-state index in [1.54, 1.807) is 6.07 Å². The lowest BCUT2D eigenvalue weighted by molar-refractivity contribution is 0.477. The highest BCUT2D eigenvalue weighted by molar-refractivity contribution is 6.01. The van der Waals surface area contributed by atoms with Crippen LogP contribution in [0.2, 0.25) is 0 Å². The predicted octanol–water partition coefficient (Wildman–Crippen LogP) is 17.0. The number of aromatic nitrogens is 3. The van der Waals surface area contributed by atoms with Gasteiger partial charge in [0.05, 0.1) is 22.3 Å². The van der Waals surface area contributed by atoms with Gasteiger partial charge < -0.3 is 10.0 Å². The van der Waals surface area contributed by atoms with E-state index >= 15 is 0 Å². The second-order valence-corrected chi connectivity index (χ2v) is 21.4. The Bertz CT molecular complexity index is 3220. The minimum absolute atomic E-state index is 0.137. The van der Waals surface area contributed by atoms with Crippen LogP contribution in [0.3, 0.4) is 0 Å². The fourth-order valence-corrected chi connectivity index (χ4v) is 9.19. The summed E-state index contributed by atoms with van der Waals surface area (Å²) in [5, 5.41) is 11.7. The smallest absolute Gasteiger partial charge is 0.149 e. The molecule has 0 aliphatic carbocycles. The summed E-state index contributed by atoms with van der Waals surface area (Å²) in [5.41, 5.74) is 18.6. The van der Waals surface area contributed by atoms with Crippen LogP contribution in [-0.2, 0) is 22.7 Å². The Balaban J connectivity index is 1.41. The van der Waals surface area contributed by atoms with Gasteiger partial charge in [0.25, 0.3) is 0 Å². The van der Waals surface area contributed by atoms with Gasteiger partial charge in [-0.25, -0.2) is 4.98 Å². The van der Waals surface area contributed by atoms with E-state index in [4.69, 9.17) is 9.97 Å². The minimum atomic E-state index is -0.191. The second kappa shape index (κ2) is 17.8. The third-order valence-corrected chi connectivity index (χ3v) is 13.3.